The minimum atomic E-state index is -1.23. The minimum Gasteiger partial charge on any atom is -0.478 e. The number of nitrogens with one attached hydrogen (secondary N) is 1. The second-order valence-corrected chi connectivity index (χ2v) is 4.97. The molecule has 0 saturated carbocycles. The maximum Gasteiger partial charge on any atom is 0.337 e. The van der Waals surface area contributed by atoms with Gasteiger partial charge in [-0.2, -0.15) is 0 Å². The van der Waals surface area contributed by atoms with Gasteiger partial charge in [0.2, 0.25) is 0 Å². The average molecular weight is 296 g/mol. The molecule has 1 aromatic carbocycles. The largest absolute Gasteiger partial charge is 0.478 e. The third-order valence-electron chi connectivity index (χ3n) is 3.61. The summed E-state index contributed by atoms with van der Waals surface area (Å²) in [7, 11) is 1.60. The van der Waals surface area contributed by atoms with E-state index in [1.54, 1.807) is 7.05 Å². The maximum absolute atomic E-state index is 13.2. The Labute approximate surface area is 121 Å². The smallest absolute Gasteiger partial charge is 0.337 e. The molecule has 2 unspecified atom stereocenters. The number of carbonyl (C=O) groups is 2. The van der Waals surface area contributed by atoms with E-state index < -0.39 is 17.8 Å². The lowest BCUT2D eigenvalue weighted by molar-refractivity contribution is 0.0698. The van der Waals surface area contributed by atoms with E-state index in [1.807, 2.05) is 6.92 Å². The van der Waals surface area contributed by atoms with Gasteiger partial charge in [-0.3, -0.25) is 0 Å². The van der Waals surface area contributed by atoms with Crippen LogP contribution in [-0.4, -0.2) is 47.8 Å². The SMILES string of the molecule is CC1OCCC1N(C)C(=O)Nc1cc(F)ccc1C(=O)O. The summed E-state index contributed by atoms with van der Waals surface area (Å²) in [4.78, 5) is 24.7. The normalized spacial score (nSPS) is 21.1. The number of benzene rings is 1. The summed E-state index contributed by atoms with van der Waals surface area (Å²) in [6.07, 6.45) is 0.618. The Balaban J connectivity index is 2.15. The number of urea groups is 1. The number of likely N-dealkylation sites (N-methyl/N-ethyl adjacent to an activating group) is 1. The number of aromatic carboxylic acids is 1. The summed E-state index contributed by atoms with van der Waals surface area (Å²) in [5.74, 6) is -1.85. The van der Waals surface area contributed by atoms with Crippen molar-refractivity contribution < 1.29 is 23.8 Å². The monoisotopic (exact) mass is 296 g/mol. The molecule has 0 spiro atoms. The first-order chi connectivity index (χ1) is 9.90. The van der Waals surface area contributed by atoms with Gasteiger partial charge in [-0.15, -0.1) is 0 Å². The Bertz CT molecular complexity index is 564. The first kappa shape index (κ1) is 15.2. The van der Waals surface area contributed by atoms with Crippen molar-refractivity contribution in [2.24, 2.45) is 0 Å². The predicted octanol–water partition coefficient (Wildman–Crippen LogP) is 2.17. The molecule has 1 aliphatic heterocycles. The van der Waals surface area contributed by atoms with Crippen LogP contribution in [-0.2, 0) is 4.74 Å². The van der Waals surface area contributed by atoms with Crippen LogP contribution in [0.3, 0.4) is 0 Å². The topological polar surface area (TPSA) is 78.9 Å². The number of carboxylic acid groups (broad SMARTS) is 1. The van der Waals surface area contributed by atoms with Crippen molar-refractivity contribution in [2.75, 3.05) is 19.0 Å². The molecule has 1 saturated heterocycles. The highest BCUT2D eigenvalue weighted by Gasteiger charge is 2.31. The first-order valence-corrected chi connectivity index (χ1v) is 6.58. The number of carboxylic acids is 1. The fourth-order valence-electron chi connectivity index (χ4n) is 2.39. The number of rotatable bonds is 3. The third-order valence-corrected chi connectivity index (χ3v) is 3.61. The molecule has 2 amide bonds. The predicted molar refractivity (Wildman–Crippen MR) is 74.0 cm³/mol. The molecule has 6 nitrogen and oxygen atoms in total. The van der Waals surface area contributed by atoms with Crippen molar-refractivity contribution in [3.05, 3.63) is 29.6 Å². The fourth-order valence-corrected chi connectivity index (χ4v) is 2.39. The van der Waals surface area contributed by atoms with Crippen LogP contribution in [0.2, 0.25) is 0 Å². The molecule has 0 aromatic heterocycles. The maximum atomic E-state index is 13.2. The molecular weight excluding hydrogens is 279 g/mol. The van der Waals surface area contributed by atoms with Crippen LogP contribution in [0.1, 0.15) is 23.7 Å². The molecule has 1 aromatic rings. The Morgan fingerprint density at radius 1 is 1.48 bits per heavy atom. The van der Waals surface area contributed by atoms with Crippen molar-refractivity contribution in [1.82, 2.24) is 4.90 Å². The van der Waals surface area contributed by atoms with Crippen LogP contribution in [0.25, 0.3) is 0 Å². The van der Waals surface area contributed by atoms with Gasteiger partial charge in [-0.05, 0) is 31.5 Å². The number of nitrogens with zero attached hydrogens (tertiary/aromatic N) is 1. The lowest BCUT2D eigenvalue weighted by Crippen LogP contribution is -2.43. The van der Waals surface area contributed by atoms with Gasteiger partial charge in [0.1, 0.15) is 5.82 Å². The highest BCUT2D eigenvalue weighted by molar-refractivity contribution is 6.00. The zero-order valence-corrected chi connectivity index (χ0v) is 11.8. The summed E-state index contributed by atoms with van der Waals surface area (Å²) in [6.45, 7) is 2.44. The quantitative estimate of drug-likeness (QED) is 0.896. The zero-order valence-electron chi connectivity index (χ0n) is 11.8. The van der Waals surface area contributed by atoms with Gasteiger partial charge in [0.15, 0.2) is 0 Å². The Morgan fingerprint density at radius 3 is 2.76 bits per heavy atom. The second-order valence-electron chi connectivity index (χ2n) is 4.97. The number of hydrogen-bond acceptors (Lipinski definition) is 3. The lowest BCUT2D eigenvalue weighted by Gasteiger charge is -2.27. The zero-order chi connectivity index (χ0) is 15.6. The Morgan fingerprint density at radius 2 is 2.19 bits per heavy atom. The van der Waals surface area contributed by atoms with Crippen LogP contribution in [0.4, 0.5) is 14.9 Å². The van der Waals surface area contributed by atoms with Gasteiger partial charge in [-0.25, -0.2) is 14.0 Å². The summed E-state index contributed by atoms with van der Waals surface area (Å²) < 4.78 is 18.6. The molecule has 7 heteroatoms. The van der Waals surface area contributed by atoms with Crippen molar-refractivity contribution in [1.29, 1.82) is 0 Å². The van der Waals surface area contributed by atoms with Gasteiger partial charge in [0.25, 0.3) is 0 Å². The van der Waals surface area contributed by atoms with Crippen molar-refractivity contribution >= 4 is 17.7 Å². The highest BCUT2D eigenvalue weighted by Crippen LogP contribution is 2.21. The summed E-state index contributed by atoms with van der Waals surface area (Å²) >= 11 is 0. The highest BCUT2D eigenvalue weighted by atomic mass is 19.1. The van der Waals surface area contributed by atoms with Gasteiger partial charge < -0.3 is 20.1 Å². The van der Waals surface area contributed by atoms with Crippen LogP contribution >= 0.6 is 0 Å². The molecule has 0 bridgehead atoms. The number of hydrogen-bond donors (Lipinski definition) is 2. The standard InChI is InChI=1S/C14H17FN2O4/c1-8-12(5-6-21-8)17(2)14(20)16-11-7-9(15)3-4-10(11)13(18)19/h3-4,7-8,12H,5-6H2,1-2H3,(H,16,20)(H,18,19). The molecule has 2 N–H and O–H groups in total. The van der Waals surface area contributed by atoms with Gasteiger partial charge in [-0.1, -0.05) is 0 Å². The van der Waals surface area contributed by atoms with E-state index in [1.165, 1.54) is 4.90 Å². The van der Waals surface area contributed by atoms with E-state index in [4.69, 9.17) is 9.84 Å². The fraction of sp³-hybridized carbons (Fsp3) is 0.429. The molecule has 1 fully saturated rings. The van der Waals surface area contributed by atoms with Gasteiger partial charge in [0, 0.05) is 13.7 Å². The Kier molecular flexibility index (Phi) is 4.42. The number of anilines is 1. The van der Waals surface area contributed by atoms with Crippen LogP contribution < -0.4 is 5.32 Å². The number of halogens is 1. The van der Waals surface area contributed by atoms with Crippen LogP contribution in [0, 0.1) is 5.82 Å². The number of carbonyl (C=O) groups excluding carboxylic acids is 1. The van der Waals surface area contributed by atoms with E-state index in [0.29, 0.717) is 13.0 Å². The molecule has 21 heavy (non-hydrogen) atoms. The molecule has 2 rings (SSSR count). The third kappa shape index (κ3) is 3.30. The van der Waals surface area contributed by atoms with E-state index in [-0.39, 0.29) is 23.4 Å². The Hall–Kier alpha value is -2.15. The summed E-state index contributed by atoms with van der Waals surface area (Å²) in [6, 6.07) is 2.56. The second kappa shape index (κ2) is 6.09. The van der Waals surface area contributed by atoms with E-state index in [2.05, 4.69) is 5.32 Å². The van der Waals surface area contributed by atoms with Crippen molar-refractivity contribution in [3.63, 3.8) is 0 Å². The molecular formula is C14H17FN2O4. The molecule has 114 valence electrons. The summed E-state index contributed by atoms with van der Waals surface area (Å²) in [5.41, 5.74) is -0.222. The molecule has 1 heterocycles. The molecule has 2 atom stereocenters. The van der Waals surface area contributed by atoms with E-state index in [0.717, 1.165) is 18.2 Å². The van der Waals surface area contributed by atoms with Gasteiger partial charge >= 0.3 is 12.0 Å². The van der Waals surface area contributed by atoms with Crippen molar-refractivity contribution in [2.45, 2.75) is 25.5 Å². The lowest BCUT2D eigenvalue weighted by atomic mass is 10.1. The van der Waals surface area contributed by atoms with Crippen molar-refractivity contribution in [3.8, 4) is 0 Å². The van der Waals surface area contributed by atoms with E-state index >= 15 is 0 Å². The molecule has 0 radical (unpaired) electrons. The average Bonchev–Trinajstić information content (AvgIpc) is 2.83. The molecule has 1 aliphatic rings. The number of ether oxygens (including phenoxy) is 1. The van der Waals surface area contributed by atoms with E-state index in [9.17, 15) is 14.0 Å². The first-order valence-electron chi connectivity index (χ1n) is 6.58. The van der Waals surface area contributed by atoms with Gasteiger partial charge in [0.05, 0.1) is 23.4 Å². The van der Waals surface area contributed by atoms with Crippen LogP contribution in [0.15, 0.2) is 18.2 Å². The minimum absolute atomic E-state index is 0.0640. The number of amides is 2. The summed E-state index contributed by atoms with van der Waals surface area (Å²) in [5, 5.41) is 11.5. The molecule has 0 aliphatic carbocycles. The van der Waals surface area contributed by atoms with Crippen LogP contribution in [0.5, 0.6) is 0 Å².